The molecule has 0 saturated heterocycles. The number of carbonyl (C=O) groups excluding carboxylic acids is 2. The lowest BCUT2D eigenvalue weighted by Gasteiger charge is -2.18. The molecular weight excluding hydrogens is 414 g/mol. The molecule has 156 valence electrons. The summed E-state index contributed by atoms with van der Waals surface area (Å²) in [6.07, 6.45) is -0.0865. The summed E-state index contributed by atoms with van der Waals surface area (Å²) in [5, 5.41) is 2.92. The molecule has 2 rings (SSSR count). The zero-order chi connectivity index (χ0) is 21.6. The predicted octanol–water partition coefficient (Wildman–Crippen LogP) is 2.72. The monoisotopic (exact) mass is 437 g/mol. The van der Waals surface area contributed by atoms with Gasteiger partial charge in [-0.1, -0.05) is 41.9 Å². The van der Waals surface area contributed by atoms with Gasteiger partial charge in [-0.3, -0.25) is 9.59 Å². The van der Waals surface area contributed by atoms with Crippen molar-refractivity contribution in [2.24, 2.45) is 0 Å². The maximum absolute atomic E-state index is 12.3. The van der Waals surface area contributed by atoms with E-state index in [2.05, 4.69) is 10.0 Å². The average molecular weight is 438 g/mol. The highest BCUT2D eigenvalue weighted by atomic mass is 35.5. The Kier molecular flexibility index (Phi) is 7.78. The third-order valence-corrected chi connectivity index (χ3v) is 6.27. The molecule has 0 aromatic heterocycles. The van der Waals surface area contributed by atoms with Gasteiger partial charge in [0.2, 0.25) is 21.8 Å². The average Bonchev–Trinajstić information content (AvgIpc) is 2.64. The van der Waals surface area contributed by atoms with E-state index in [1.807, 2.05) is 32.0 Å². The van der Waals surface area contributed by atoms with Crippen LogP contribution in [0.3, 0.4) is 0 Å². The van der Waals surface area contributed by atoms with Gasteiger partial charge in [0.05, 0.1) is 11.6 Å². The molecule has 0 radical (unpaired) electrons. The molecule has 0 bridgehead atoms. The molecule has 0 unspecified atom stereocenters. The second kappa shape index (κ2) is 9.87. The summed E-state index contributed by atoms with van der Waals surface area (Å²) in [4.78, 5) is 25.7. The van der Waals surface area contributed by atoms with Crippen LogP contribution in [-0.2, 0) is 19.6 Å². The Hall–Kier alpha value is -2.42. The molecule has 0 atom stereocenters. The lowest BCUT2D eigenvalue weighted by Crippen LogP contribution is -2.37. The number of benzene rings is 2. The number of rotatable bonds is 8. The summed E-state index contributed by atoms with van der Waals surface area (Å²) < 4.78 is 26.9. The number of aryl methyl sites for hydroxylation is 2. The summed E-state index contributed by atoms with van der Waals surface area (Å²) >= 11 is 5.91. The van der Waals surface area contributed by atoms with Crippen LogP contribution in [0.25, 0.3) is 0 Å². The van der Waals surface area contributed by atoms with Crippen molar-refractivity contribution in [3.05, 3.63) is 58.6 Å². The number of para-hydroxylation sites is 1. The van der Waals surface area contributed by atoms with Crippen molar-refractivity contribution in [2.45, 2.75) is 25.2 Å². The quantitative estimate of drug-likeness (QED) is 0.663. The summed E-state index contributed by atoms with van der Waals surface area (Å²) in [5.74, 6) is -0.682. The Morgan fingerprint density at radius 3 is 2.28 bits per heavy atom. The van der Waals surface area contributed by atoms with Crippen molar-refractivity contribution in [1.29, 1.82) is 0 Å². The van der Waals surface area contributed by atoms with Crippen LogP contribution in [0.4, 0.5) is 5.69 Å². The van der Waals surface area contributed by atoms with Crippen molar-refractivity contribution in [3.8, 4) is 0 Å². The van der Waals surface area contributed by atoms with Gasteiger partial charge < -0.3 is 10.2 Å². The minimum Gasteiger partial charge on any atom is -0.336 e. The van der Waals surface area contributed by atoms with E-state index in [0.717, 1.165) is 16.8 Å². The number of likely N-dealkylation sites (N-methyl/N-ethyl adjacent to an activating group) is 1. The van der Waals surface area contributed by atoms with Gasteiger partial charge in [-0.15, -0.1) is 0 Å². The highest BCUT2D eigenvalue weighted by molar-refractivity contribution is 7.89. The Bertz CT molecular complexity index is 988. The van der Waals surface area contributed by atoms with Gasteiger partial charge in [0, 0.05) is 25.7 Å². The molecule has 2 aromatic rings. The lowest BCUT2D eigenvalue weighted by molar-refractivity contribution is -0.133. The normalized spacial score (nSPS) is 11.2. The minimum atomic E-state index is -3.82. The first kappa shape index (κ1) is 22.9. The van der Waals surface area contributed by atoms with Crippen LogP contribution in [0, 0.1) is 13.8 Å². The smallest absolute Gasteiger partial charge is 0.243 e. The number of nitrogens with one attached hydrogen (secondary N) is 2. The van der Waals surface area contributed by atoms with Gasteiger partial charge in [0.1, 0.15) is 4.90 Å². The molecular formula is C20H24ClN3O4S. The Labute approximate surface area is 176 Å². The predicted molar refractivity (Wildman–Crippen MR) is 113 cm³/mol. The number of amides is 2. The topological polar surface area (TPSA) is 95.6 Å². The van der Waals surface area contributed by atoms with Crippen LogP contribution in [0.2, 0.25) is 5.02 Å². The van der Waals surface area contributed by atoms with Gasteiger partial charge in [-0.05, 0) is 37.1 Å². The maximum Gasteiger partial charge on any atom is 0.243 e. The Balaban J connectivity index is 1.86. The molecule has 9 heteroatoms. The molecule has 0 spiro atoms. The molecule has 7 nitrogen and oxygen atoms in total. The largest absolute Gasteiger partial charge is 0.336 e. The fourth-order valence-electron chi connectivity index (χ4n) is 2.72. The van der Waals surface area contributed by atoms with Crippen molar-refractivity contribution in [3.63, 3.8) is 0 Å². The molecule has 2 aromatic carbocycles. The van der Waals surface area contributed by atoms with Crippen LogP contribution in [0.1, 0.15) is 17.5 Å². The van der Waals surface area contributed by atoms with E-state index in [9.17, 15) is 18.0 Å². The first-order valence-electron chi connectivity index (χ1n) is 8.96. The van der Waals surface area contributed by atoms with Gasteiger partial charge in [-0.2, -0.15) is 0 Å². The molecule has 2 amide bonds. The molecule has 0 aliphatic carbocycles. The molecule has 0 aliphatic heterocycles. The number of nitrogens with zero attached hydrogens (tertiary/aromatic N) is 1. The van der Waals surface area contributed by atoms with Crippen LogP contribution >= 0.6 is 11.6 Å². The SMILES string of the molecule is Cc1cccc(C)c1NC(=O)CN(C)C(=O)CCNS(=O)(=O)c1ccccc1Cl. The van der Waals surface area contributed by atoms with Gasteiger partial charge >= 0.3 is 0 Å². The summed E-state index contributed by atoms with van der Waals surface area (Å²) in [5.41, 5.74) is 2.59. The minimum absolute atomic E-state index is 0.0459. The molecule has 0 aliphatic rings. The maximum atomic E-state index is 12.3. The second-order valence-electron chi connectivity index (χ2n) is 6.64. The van der Waals surface area contributed by atoms with Crippen LogP contribution < -0.4 is 10.0 Å². The highest BCUT2D eigenvalue weighted by Crippen LogP contribution is 2.20. The zero-order valence-corrected chi connectivity index (χ0v) is 18.1. The van der Waals surface area contributed by atoms with E-state index in [-0.39, 0.29) is 41.2 Å². The number of halogens is 1. The third kappa shape index (κ3) is 6.28. The third-order valence-electron chi connectivity index (χ3n) is 4.31. The Morgan fingerprint density at radius 2 is 1.66 bits per heavy atom. The zero-order valence-electron chi connectivity index (χ0n) is 16.5. The molecule has 0 heterocycles. The van der Waals surface area contributed by atoms with Crippen LogP contribution in [-0.4, -0.2) is 45.3 Å². The van der Waals surface area contributed by atoms with Crippen molar-refractivity contribution < 1.29 is 18.0 Å². The van der Waals surface area contributed by atoms with E-state index in [1.54, 1.807) is 12.1 Å². The fourth-order valence-corrected chi connectivity index (χ4v) is 4.27. The van der Waals surface area contributed by atoms with Crippen molar-refractivity contribution in [2.75, 3.05) is 25.5 Å². The van der Waals surface area contributed by atoms with Crippen LogP contribution in [0.15, 0.2) is 47.4 Å². The number of sulfonamides is 1. The number of carbonyl (C=O) groups is 2. The Morgan fingerprint density at radius 1 is 1.03 bits per heavy atom. The highest BCUT2D eigenvalue weighted by Gasteiger charge is 2.19. The molecule has 0 fully saturated rings. The fraction of sp³-hybridized carbons (Fsp3) is 0.300. The standard InChI is InChI=1S/C20H24ClN3O4S/c1-14-7-6-8-15(2)20(14)23-18(25)13-24(3)19(26)11-12-22-29(27,28)17-10-5-4-9-16(17)21/h4-10,22H,11-13H2,1-3H3,(H,23,25). The van der Waals surface area contributed by atoms with Gasteiger partial charge in [-0.25, -0.2) is 13.1 Å². The van der Waals surface area contributed by atoms with E-state index < -0.39 is 10.0 Å². The number of hydrogen-bond donors (Lipinski definition) is 2. The van der Waals surface area contributed by atoms with E-state index in [0.29, 0.717) is 0 Å². The lowest BCUT2D eigenvalue weighted by atomic mass is 10.1. The van der Waals surface area contributed by atoms with Crippen molar-refractivity contribution in [1.82, 2.24) is 9.62 Å². The van der Waals surface area contributed by atoms with E-state index in [4.69, 9.17) is 11.6 Å². The van der Waals surface area contributed by atoms with E-state index >= 15 is 0 Å². The molecule has 0 saturated carbocycles. The summed E-state index contributed by atoms with van der Waals surface area (Å²) in [6.45, 7) is 3.55. The first-order valence-corrected chi connectivity index (χ1v) is 10.8. The van der Waals surface area contributed by atoms with Crippen molar-refractivity contribution >= 4 is 39.1 Å². The number of anilines is 1. The first-order chi connectivity index (χ1) is 13.6. The van der Waals surface area contributed by atoms with Gasteiger partial charge in [0.25, 0.3) is 0 Å². The van der Waals surface area contributed by atoms with Crippen LogP contribution in [0.5, 0.6) is 0 Å². The second-order valence-corrected chi connectivity index (χ2v) is 8.79. The van der Waals surface area contributed by atoms with Gasteiger partial charge in [0.15, 0.2) is 0 Å². The molecule has 29 heavy (non-hydrogen) atoms. The number of hydrogen-bond acceptors (Lipinski definition) is 4. The van der Waals surface area contributed by atoms with E-state index in [1.165, 1.54) is 24.1 Å². The summed E-state index contributed by atoms with van der Waals surface area (Å²) in [7, 11) is -2.32. The summed E-state index contributed by atoms with van der Waals surface area (Å²) in [6, 6.07) is 11.7. The molecule has 2 N–H and O–H groups in total.